The number of benzene rings is 1. The molecule has 1 saturated carbocycles. The Morgan fingerprint density at radius 3 is 2.59 bits per heavy atom. The Morgan fingerprint density at radius 2 is 1.88 bits per heavy atom. The van der Waals surface area contributed by atoms with E-state index >= 15 is 0 Å². The molecule has 90 valence electrons. The topological polar surface area (TPSA) is 29.1 Å². The average molecular weight is 270 g/mol. The molecular weight excluding hydrogens is 257 g/mol. The van der Waals surface area contributed by atoms with Crippen molar-refractivity contribution in [1.29, 1.82) is 0 Å². The molecular formula is C13H13Cl2NO. The smallest absolute Gasteiger partial charge is 0.232 e. The van der Waals surface area contributed by atoms with Gasteiger partial charge in [0.25, 0.3) is 0 Å². The van der Waals surface area contributed by atoms with Crippen LogP contribution in [0.5, 0.6) is 0 Å². The third-order valence-corrected chi connectivity index (χ3v) is 4.34. The molecule has 4 heteroatoms. The van der Waals surface area contributed by atoms with Gasteiger partial charge in [0.05, 0.1) is 16.6 Å². The van der Waals surface area contributed by atoms with Gasteiger partial charge in [0.1, 0.15) is 0 Å². The summed E-state index contributed by atoms with van der Waals surface area (Å²) in [7, 11) is 0. The fourth-order valence-corrected chi connectivity index (χ4v) is 3.63. The van der Waals surface area contributed by atoms with Crippen molar-refractivity contribution in [2.24, 2.45) is 5.92 Å². The molecule has 1 aromatic rings. The highest BCUT2D eigenvalue weighted by molar-refractivity contribution is 6.37. The Morgan fingerprint density at radius 1 is 1.18 bits per heavy atom. The van der Waals surface area contributed by atoms with E-state index in [1.165, 1.54) is 12.8 Å². The third-order valence-electron chi connectivity index (χ3n) is 3.82. The number of carbonyl (C=O) groups is 1. The van der Waals surface area contributed by atoms with Gasteiger partial charge in [-0.05, 0) is 36.5 Å². The van der Waals surface area contributed by atoms with E-state index in [4.69, 9.17) is 23.2 Å². The maximum atomic E-state index is 12.1. The summed E-state index contributed by atoms with van der Waals surface area (Å²) in [6, 6.07) is 3.56. The van der Waals surface area contributed by atoms with Crippen LogP contribution < -0.4 is 5.32 Å². The molecule has 1 aliphatic heterocycles. The zero-order chi connectivity index (χ0) is 12.0. The second-order valence-electron chi connectivity index (χ2n) is 4.86. The van der Waals surface area contributed by atoms with E-state index in [2.05, 4.69) is 5.32 Å². The van der Waals surface area contributed by atoms with Gasteiger partial charge in [-0.1, -0.05) is 36.0 Å². The molecule has 1 aliphatic carbocycles. The van der Waals surface area contributed by atoms with Crippen LogP contribution in [0.1, 0.15) is 37.2 Å². The van der Waals surface area contributed by atoms with Crippen molar-refractivity contribution in [3.05, 3.63) is 27.7 Å². The van der Waals surface area contributed by atoms with Crippen LogP contribution in [-0.2, 0) is 4.79 Å². The van der Waals surface area contributed by atoms with Crippen LogP contribution in [0.25, 0.3) is 0 Å². The molecule has 1 amide bonds. The SMILES string of the molecule is O=C1Nc2c(Cl)cc(Cl)cc2C1C1CCCC1. The van der Waals surface area contributed by atoms with E-state index in [-0.39, 0.29) is 11.8 Å². The first-order valence-electron chi connectivity index (χ1n) is 5.96. The fraction of sp³-hybridized carbons (Fsp3) is 0.462. The average Bonchev–Trinajstić information content (AvgIpc) is 2.84. The first kappa shape index (κ1) is 11.4. The van der Waals surface area contributed by atoms with Gasteiger partial charge in [-0.3, -0.25) is 4.79 Å². The molecule has 0 aromatic heterocycles. The van der Waals surface area contributed by atoms with Crippen molar-refractivity contribution in [2.75, 3.05) is 5.32 Å². The van der Waals surface area contributed by atoms with Gasteiger partial charge in [0.15, 0.2) is 0 Å². The first-order chi connectivity index (χ1) is 8.16. The maximum Gasteiger partial charge on any atom is 0.232 e. The fourth-order valence-electron chi connectivity index (χ4n) is 3.07. The number of halogens is 2. The molecule has 1 aromatic carbocycles. The molecule has 1 heterocycles. The molecule has 1 unspecified atom stereocenters. The Kier molecular flexibility index (Phi) is 2.80. The van der Waals surface area contributed by atoms with Gasteiger partial charge < -0.3 is 5.32 Å². The number of hydrogen-bond acceptors (Lipinski definition) is 1. The minimum atomic E-state index is -0.0521. The van der Waals surface area contributed by atoms with Gasteiger partial charge in [0.2, 0.25) is 5.91 Å². The molecule has 2 aliphatic rings. The summed E-state index contributed by atoms with van der Waals surface area (Å²) in [6.45, 7) is 0. The normalized spacial score (nSPS) is 23.9. The van der Waals surface area contributed by atoms with Gasteiger partial charge in [-0.25, -0.2) is 0 Å². The quantitative estimate of drug-likeness (QED) is 0.813. The highest BCUT2D eigenvalue weighted by Gasteiger charge is 2.39. The number of carbonyl (C=O) groups excluding carboxylic acids is 1. The zero-order valence-electron chi connectivity index (χ0n) is 9.30. The highest BCUT2D eigenvalue weighted by atomic mass is 35.5. The summed E-state index contributed by atoms with van der Waals surface area (Å²) in [5, 5.41) is 4.04. The number of rotatable bonds is 1. The summed E-state index contributed by atoms with van der Waals surface area (Å²) in [4.78, 5) is 12.1. The van der Waals surface area contributed by atoms with Crippen LogP contribution >= 0.6 is 23.2 Å². The number of fused-ring (bicyclic) bond motifs is 1. The third kappa shape index (κ3) is 1.84. The summed E-state index contributed by atoms with van der Waals surface area (Å²) in [5.74, 6) is 0.477. The highest BCUT2D eigenvalue weighted by Crippen LogP contribution is 2.47. The molecule has 17 heavy (non-hydrogen) atoms. The van der Waals surface area contributed by atoms with E-state index in [1.807, 2.05) is 6.07 Å². The van der Waals surface area contributed by atoms with E-state index in [0.29, 0.717) is 16.0 Å². The monoisotopic (exact) mass is 269 g/mol. The van der Waals surface area contributed by atoms with Crippen LogP contribution in [-0.4, -0.2) is 5.91 Å². The van der Waals surface area contributed by atoms with Gasteiger partial charge in [0, 0.05) is 5.02 Å². The molecule has 0 saturated heterocycles. The summed E-state index contributed by atoms with van der Waals surface area (Å²) in [6.07, 6.45) is 4.69. The van der Waals surface area contributed by atoms with Gasteiger partial charge in [-0.2, -0.15) is 0 Å². The molecule has 0 radical (unpaired) electrons. The van der Waals surface area contributed by atoms with Crippen molar-refractivity contribution in [1.82, 2.24) is 0 Å². The van der Waals surface area contributed by atoms with E-state index in [9.17, 15) is 4.79 Å². The maximum absolute atomic E-state index is 12.1. The Hall–Kier alpha value is -0.730. The van der Waals surface area contributed by atoms with Crippen LogP contribution in [0.15, 0.2) is 12.1 Å². The van der Waals surface area contributed by atoms with Crippen LogP contribution in [0.4, 0.5) is 5.69 Å². The Labute approximate surface area is 110 Å². The Bertz CT molecular complexity index is 481. The molecule has 1 N–H and O–H groups in total. The van der Waals surface area contributed by atoms with Crippen LogP contribution in [0.2, 0.25) is 10.0 Å². The van der Waals surface area contributed by atoms with E-state index in [0.717, 1.165) is 24.1 Å². The lowest BCUT2D eigenvalue weighted by molar-refractivity contribution is -0.118. The zero-order valence-corrected chi connectivity index (χ0v) is 10.8. The molecule has 3 rings (SSSR count). The van der Waals surface area contributed by atoms with Crippen LogP contribution in [0.3, 0.4) is 0 Å². The number of hydrogen-bond donors (Lipinski definition) is 1. The largest absolute Gasteiger partial charge is 0.324 e. The summed E-state index contributed by atoms with van der Waals surface area (Å²) >= 11 is 12.1. The summed E-state index contributed by atoms with van der Waals surface area (Å²) in [5.41, 5.74) is 1.75. The number of amides is 1. The standard InChI is InChI=1S/C13H13Cl2NO/c14-8-5-9-11(7-3-1-2-4-7)13(17)16-12(9)10(15)6-8/h5-7,11H,1-4H2,(H,16,17). The number of nitrogens with one attached hydrogen (secondary N) is 1. The van der Waals surface area contributed by atoms with E-state index in [1.54, 1.807) is 6.07 Å². The molecule has 0 bridgehead atoms. The second-order valence-corrected chi connectivity index (χ2v) is 5.71. The van der Waals surface area contributed by atoms with Crippen molar-refractivity contribution >= 4 is 34.8 Å². The number of anilines is 1. The van der Waals surface area contributed by atoms with Crippen molar-refractivity contribution < 1.29 is 4.79 Å². The molecule has 1 atom stereocenters. The van der Waals surface area contributed by atoms with Crippen molar-refractivity contribution in [2.45, 2.75) is 31.6 Å². The van der Waals surface area contributed by atoms with Crippen molar-refractivity contribution in [3.63, 3.8) is 0 Å². The van der Waals surface area contributed by atoms with Gasteiger partial charge >= 0.3 is 0 Å². The van der Waals surface area contributed by atoms with E-state index < -0.39 is 0 Å². The molecule has 1 fully saturated rings. The predicted octanol–water partition coefficient (Wildman–Crippen LogP) is 4.22. The molecule has 2 nitrogen and oxygen atoms in total. The van der Waals surface area contributed by atoms with Gasteiger partial charge in [-0.15, -0.1) is 0 Å². The van der Waals surface area contributed by atoms with Crippen molar-refractivity contribution in [3.8, 4) is 0 Å². The lowest BCUT2D eigenvalue weighted by Gasteiger charge is -2.16. The minimum Gasteiger partial charge on any atom is -0.324 e. The lowest BCUT2D eigenvalue weighted by Crippen LogP contribution is -2.18. The lowest BCUT2D eigenvalue weighted by atomic mass is 9.86. The Balaban J connectivity index is 2.05. The first-order valence-corrected chi connectivity index (χ1v) is 6.72. The minimum absolute atomic E-state index is 0.0521. The van der Waals surface area contributed by atoms with Crippen LogP contribution in [0, 0.1) is 5.92 Å². The molecule has 0 spiro atoms. The predicted molar refractivity (Wildman–Crippen MR) is 69.8 cm³/mol. The summed E-state index contributed by atoms with van der Waals surface area (Å²) < 4.78 is 0. The second kappa shape index (κ2) is 4.18.